The Bertz CT molecular complexity index is 1080. The molecule has 1 aromatic heterocycles. The topological polar surface area (TPSA) is 66.0 Å². The molecule has 0 saturated heterocycles. The molecule has 2 aromatic carbocycles. The fraction of sp³-hybridized carbons (Fsp3) is 0.346. The summed E-state index contributed by atoms with van der Waals surface area (Å²) in [4.78, 5) is 13.3. The number of methoxy groups -OCH3 is 1. The van der Waals surface area contributed by atoms with Gasteiger partial charge in [-0.1, -0.05) is 18.2 Å². The number of rotatable bonds is 8. The van der Waals surface area contributed by atoms with Crippen molar-refractivity contribution in [2.45, 2.75) is 45.1 Å². The fourth-order valence-corrected chi connectivity index (χ4v) is 4.52. The smallest absolute Gasteiger partial charge is 0.348 e. The van der Waals surface area contributed by atoms with Gasteiger partial charge in [0.1, 0.15) is 28.1 Å². The largest absolute Gasteiger partial charge is 0.497 e. The third-order valence-electron chi connectivity index (χ3n) is 5.61. The fourth-order valence-electron chi connectivity index (χ4n) is 3.92. The van der Waals surface area contributed by atoms with E-state index < -0.39 is 17.8 Å². The summed E-state index contributed by atoms with van der Waals surface area (Å²) in [6.07, 6.45) is -1.04. The van der Waals surface area contributed by atoms with Crippen LogP contribution in [0.4, 0.5) is 5.69 Å². The van der Waals surface area contributed by atoms with E-state index in [2.05, 4.69) is 5.32 Å². The number of esters is 1. The van der Waals surface area contributed by atoms with Crippen molar-refractivity contribution in [2.24, 2.45) is 0 Å². The maximum atomic E-state index is 12.8. The average Bonchev–Trinajstić information content (AvgIpc) is 3.35. The van der Waals surface area contributed by atoms with E-state index in [0.717, 1.165) is 28.3 Å². The summed E-state index contributed by atoms with van der Waals surface area (Å²) in [5.41, 5.74) is 2.17. The van der Waals surface area contributed by atoms with E-state index in [1.165, 1.54) is 11.3 Å². The molecule has 0 radical (unpaired) electrons. The van der Waals surface area contributed by atoms with E-state index >= 15 is 0 Å². The highest BCUT2D eigenvalue weighted by atomic mass is 32.1. The molecule has 174 valence electrons. The number of anilines is 1. The SMILES string of the molecule is CCOC1c2cc(NCc3ccc(OC)cc3)ccc2OC(C)(C)C1OC(=O)c1cccs1. The van der Waals surface area contributed by atoms with Gasteiger partial charge in [-0.05, 0) is 68.1 Å². The lowest BCUT2D eigenvalue weighted by Crippen LogP contribution is -2.51. The molecule has 0 aliphatic carbocycles. The monoisotopic (exact) mass is 467 g/mol. The molecule has 2 unspecified atom stereocenters. The Balaban J connectivity index is 1.57. The average molecular weight is 468 g/mol. The molecule has 2 atom stereocenters. The van der Waals surface area contributed by atoms with Gasteiger partial charge in [-0.15, -0.1) is 11.3 Å². The second-order valence-electron chi connectivity index (χ2n) is 8.34. The van der Waals surface area contributed by atoms with Gasteiger partial charge in [-0.25, -0.2) is 4.79 Å². The highest BCUT2D eigenvalue weighted by molar-refractivity contribution is 7.11. The number of nitrogens with one attached hydrogen (secondary N) is 1. The Morgan fingerprint density at radius 3 is 2.61 bits per heavy atom. The standard InChI is InChI=1S/C26H29NO5S/c1-5-30-23-20-15-18(27-16-17-8-11-19(29-4)12-9-17)10-13-21(20)32-26(2,3)24(23)31-25(28)22-7-6-14-33-22/h6-15,23-24,27H,5,16H2,1-4H3. The van der Waals surface area contributed by atoms with E-state index in [0.29, 0.717) is 18.0 Å². The molecule has 33 heavy (non-hydrogen) atoms. The van der Waals surface area contributed by atoms with Gasteiger partial charge in [0.15, 0.2) is 6.10 Å². The summed E-state index contributed by atoms with van der Waals surface area (Å²) in [7, 11) is 1.66. The molecular weight excluding hydrogens is 438 g/mol. The minimum atomic E-state index is -0.752. The van der Waals surface area contributed by atoms with E-state index in [4.69, 9.17) is 18.9 Å². The van der Waals surface area contributed by atoms with Crippen LogP contribution in [-0.2, 0) is 16.0 Å². The van der Waals surface area contributed by atoms with E-state index in [1.807, 2.05) is 74.7 Å². The van der Waals surface area contributed by atoms with Crippen LogP contribution in [0.5, 0.6) is 11.5 Å². The minimum absolute atomic E-state index is 0.367. The molecule has 1 aliphatic rings. The summed E-state index contributed by atoms with van der Waals surface area (Å²) in [5.74, 6) is 1.19. The van der Waals surface area contributed by atoms with Crippen LogP contribution in [0.1, 0.15) is 47.7 Å². The van der Waals surface area contributed by atoms with Crippen LogP contribution in [-0.4, -0.2) is 31.4 Å². The summed E-state index contributed by atoms with van der Waals surface area (Å²) in [6.45, 7) is 6.92. The van der Waals surface area contributed by atoms with Gasteiger partial charge in [0.05, 0.1) is 7.11 Å². The third-order valence-corrected chi connectivity index (χ3v) is 6.46. The highest BCUT2D eigenvalue weighted by Gasteiger charge is 2.47. The quantitative estimate of drug-likeness (QED) is 0.420. The minimum Gasteiger partial charge on any atom is -0.497 e. The Morgan fingerprint density at radius 1 is 1.15 bits per heavy atom. The van der Waals surface area contributed by atoms with Gasteiger partial charge in [-0.3, -0.25) is 0 Å². The second-order valence-corrected chi connectivity index (χ2v) is 9.29. The van der Waals surface area contributed by atoms with Crippen molar-refractivity contribution in [1.29, 1.82) is 0 Å². The van der Waals surface area contributed by atoms with Crippen molar-refractivity contribution in [2.75, 3.05) is 19.0 Å². The Kier molecular flexibility index (Phi) is 6.91. The van der Waals surface area contributed by atoms with E-state index in [-0.39, 0.29) is 5.97 Å². The van der Waals surface area contributed by atoms with Crippen LogP contribution in [0, 0.1) is 0 Å². The molecule has 2 heterocycles. The number of hydrogen-bond donors (Lipinski definition) is 1. The van der Waals surface area contributed by atoms with Crippen molar-refractivity contribution >= 4 is 23.0 Å². The zero-order chi connectivity index (χ0) is 23.4. The van der Waals surface area contributed by atoms with Gasteiger partial charge < -0.3 is 24.3 Å². The van der Waals surface area contributed by atoms with Crippen molar-refractivity contribution < 1.29 is 23.7 Å². The first-order chi connectivity index (χ1) is 15.9. The number of thiophene rings is 1. The molecule has 4 rings (SSSR count). The van der Waals surface area contributed by atoms with Crippen LogP contribution in [0.15, 0.2) is 60.0 Å². The molecule has 1 N–H and O–H groups in total. The van der Waals surface area contributed by atoms with Crippen LogP contribution in [0.3, 0.4) is 0 Å². The molecular formula is C26H29NO5S. The number of carbonyl (C=O) groups is 1. The Hall–Kier alpha value is -3.03. The lowest BCUT2D eigenvalue weighted by Gasteiger charge is -2.43. The molecule has 0 fully saturated rings. The number of fused-ring (bicyclic) bond motifs is 1. The van der Waals surface area contributed by atoms with E-state index in [1.54, 1.807) is 13.2 Å². The van der Waals surface area contributed by atoms with Crippen LogP contribution in [0.2, 0.25) is 0 Å². The van der Waals surface area contributed by atoms with Crippen LogP contribution in [0.25, 0.3) is 0 Å². The highest BCUT2D eigenvalue weighted by Crippen LogP contribution is 2.44. The van der Waals surface area contributed by atoms with Crippen molar-refractivity contribution in [3.8, 4) is 11.5 Å². The number of carbonyl (C=O) groups excluding carboxylic acids is 1. The predicted octanol–water partition coefficient (Wildman–Crippen LogP) is 5.84. The summed E-state index contributed by atoms with van der Waals surface area (Å²) < 4.78 is 23.6. The first kappa shape index (κ1) is 23.1. The first-order valence-corrected chi connectivity index (χ1v) is 11.8. The summed E-state index contributed by atoms with van der Waals surface area (Å²) in [5, 5.41) is 5.31. The molecule has 0 bridgehead atoms. The zero-order valence-electron chi connectivity index (χ0n) is 19.3. The van der Waals surface area contributed by atoms with Crippen molar-refractivity contribution in [3.63, 3.8) is 0 Å². The number of hydrogen-bond acceptors (Lipinski definition) is 7. The van der Waals surface area contributed by atoms with Gasteiger partial charge >= 0.3 is 5.97 Å². The Labute approximate surface area is 198 Å². The van der Waals surface area contributed by atoms with Gasteiger partial charge in [0.25, 0.3) is 0 Å². The first-order valence-electron chi connectivity index (χ1n) is 11.0. The van der Waals surface area contributed by atoms with Crippen LogP contribution < -0.4 is 14.8 Å². The molecule has 0 saturated carbocycles. The number of ether oxygens (including phenoxy) is 4. The molecule has 1 aliphatic heterocycles. The van der Waals surface area contributed by atoms with Gasteiger partial charge in [0, 0.05) is 24.4 Å². The summed E-state index contributed by atoms with van der Waals surface area (Å²) >= 11 is 1.36. The predicted molar refractivity (Wildman–Crippen MR) is 129 cm³/mol. The Morgan fingerprint density at radius 2 is 1.94 bits per heavy atom. The van der Waals surface area contributed by atoms with Crippen molar-refractivity contribution in [1.82, 2.24) is 0 Å². The molecule has 0 spiro atoms. The van der Waals surface area contributed by atoms with Crippen molar-refractivity contribution in [3.05, 3.63) is 76.0 Å². The lowest BCUT2D eigenvalue weighted by atomic mass is 9.87. The molecule has 3 aromatic rings. The zero-order valence-corrected chi connectivity index (χ0v) is 20.1. The number of benzene rings is 2. The van der Waals surface area contributed by atoms with Gasteiger partial charge in [-0.2, -0.15) is 0 Å². The van der Waals surface area contributed by atoms with Gasteiger partial charge in [0.2, 0.25) is 0 Å². The molecule has 0 amide bonds. The van der Waals surface area contributed by atoms with E-state index in [9.17, 15) is 4.79 Å². The maximum absolute atomic E-state index is 12.8. The van der Waals surface area contributed by atoms with Crippen LogP contribution >= 0.6 is 11.3 Å². The normalized spacial score (nSPS) is 18.7. The summed E-state index contributed by atoms with van der Waals surface area (Å²) in [6, 6.07) is 17.5. The second kappa shape index (κ2) is 9.85. The lowest BCUT2D eigenvalue weighted by molar-refractivity contribution is -0.137. The third kappa shape index (κ3) is 5.15. The molecule has 6 nitrogen and oxygen atoms in total. The maximum Gasteiger partial charge on any atom is 0.348 e. The molecule has 7 heteroatoms.